The van der Waals surface area contributed by atoms with E-state index < -0.39 is 0 Å². The van der Waals surface area contributed by atoms with Crippen molar-refractivity contribution >= 4 is 21.6 Å². The summed E-state index contributed by atoms with van der Waals surface area (Å²) in [6, 6.07) is 2.81. The normalized spacial score (nSPS) is 20.0. The van der Waals surface area contributed by atoms with Crippen LogP contribution in [-0.2, 0) is 0 Å². The number of pyridine rings is 1. The second-order valence-electron chi connectivity index (χ2n) is 5.95. The second-order valence-corrected chi connectivity index (χ2v) is 6.87. The number of nitrogens with zero attached hydrogens (tertiary/aromatic N) is 5. The van der Waals surface area contributed by atoms with E-state index in [0.29, 0.717) is 12.0 Å². The molecule has 1 saturated heterocycles. The standard InChI is InChI=1S/C15H18BrN5/c16-12-7-14(9-17-8-12)20-5-3-11(4-6-20)15-19-18-10-21(15)13-1-2-13/h7-11,13H,1-6H2. The van der Waals surface area contributed by atoms with Crippen LogP contribution in [0.1, 0.15) is 43.5 Å². The van der Waals surface area contributed by atoms with E-state index in [9.17, 15) is 0 Å². The molecule has 0 atom stereocenters. The number of rotatable bonds is 3. The van der Waals surface area contributed by atoms with Crippen LogP contribution in [0, 0.1) is 0 Å². The summed E-state index contributed by atoms with van der Waals surface area (Å²) < 4.78 is 3.34. The van der Waals surface area contributed by atoms with Crippen LogP contribution in [-0.4, -0.2) is 32.8 Å². The van der Waals surface area contributed by atoms with Crippen molar-refractivity contribution in [2.45, 2.75) is 37.6 Å². The molecule has 1 aliphatic heterocycles. The van der Waals surface area contributed by atoms with Crippen molar-refractivity contribution in [3.8, 4) is 0 Å². The largest absolute Gasteiger partial charge is 0.370 e. The molecule has 3 heterocycles. The Morgan fingerprint density at radius 3 is 2.62 bits per heavy atom. The van der Waals surface area contributed by atoms with Gasteiger partial charge in [0.05, 0.1) is 11.9 Å². The van der Waals surface area contributed by atoms with Gasteiger partial charge in [-0.05, 0) is 47.7 Å². The number of anilines is 1. The van der Waals surface area contributed by atoms with Gasteiger partial charge in [-0.1, -0.05) is 0 Å². The van der Waals surface area contributed by atoms with Gasteiger partial charge in [0.15, 0.2) is 0 Å². The van der Waals surface area contributed by atoms with Crippen molar-refractivity contribution in [3.63, 3.8) is 0 Å². The first-order chi connectivity index (χ1) is 10.3. The first kappa shape index (κ1) is 13.2. The Balaban J connectivity index is 1.45. The van der Waals surface area contributed by atoms with E-state index >= 15 is 0 Å². The quantitative estimate of drug-likeness (QED) is 0.855. The molecule has 0 unspecified atom stereocenters. The molecule has 0 amide bonds. The van der Waals surface area contributed by atoms with Gasteiger partial charge in [0.1, 0.15) is 12.2 Å². The van der Waals surface area contributed by atoms with Crippen molar-refractivity contribution in [1.82, 2.24) is 19.7 Å². The summed E-state index contributed by atoms with van der Waals surface area (Å²) in [6.45, 7) is 2.11. The molecule has 6 heteroatoms. The van der Waals surface area contributed by atoms with Gasteiger partial charge in [0.2, 0.25) is 0 Å². The number of halogens is 1. The zero-order chi connectivity index (χ0) is 14.2. The van der Waals surface area contributed by atoms with Crippen molar-refractivity contribution in [1.29, 1.82) is 0 Å². The highest BCUT2D eigenvalue weighted by Crippen LogP contribution is 2.38. The lowest BCUT2D eigenvalue weighted by atomic mass is 9.95. The summed E-state index contributed by atoms with van der Waals surface area (Å²) in [6.07, 6.45) is 10.5. The highest BCUT2D eigenvalue weighted by Gasteiger charge is 2.31. The summed E-state index contributed by atoms with van der Waals surface area (Å²) in [5.41, 5.74) is 1.20. The number of hydrogen-bond acceptors (Lipinski definition) is 4. The van der Waals surface area contributed by atoms with Crippen LogP contribution in [0.3, 0.4) is 0 Å². The molecular formula is C15H18BrN5. The molecule has 0 bridgehead atoms. The van der Waals surface area contributed by atoms with Gasteiger partial charge in [0, 0.05) is 35.7 Å². The van der Waals surface area contributed by atoms with Gasteiger partial charge in [-0.25, -0.2) is 0 Å². The van der Waals surface area contributed by atoms with Gasteiger partial charge >= 0.3 is 0 Å². The Labute approximate surface area is 132 Å². The van der Waals surface area contributed by atoms with Crippen LogP contribution in [0.15, 0.2) is 29.3 Å². The molecule has 4 rings (SSSR count). The van der Waals surface area contributed by atoms with Gasteiger partial charge < -0.3 is 9.47 Å². The van der Waals surface area contributed by atoms with Gasteiger partial charge in [0.25, 0.3) is 0 Å². The molecule has 2 aliphatic rings. The van der Waals surface area contributed by atoms with E-state index in [1.807, 2.05) is 18.7 Å². The Morgan fingerprint density at radius 1 is 1.10 bits per heavy atom. The number of hydrogen-bond donors (Lipinski definition) is 0. The Hall–Kier alpha value is -1.43. The molecule has 0 radical (unpaired) electrons. The van der Waals surface area contributed by atoms with Crippen molar-refractivity contribution in [3.05, 3.63) is 35.1 Å². The van der Waals surface area contributed by atoms with Gasteiger partial charge in [-0.15, -0.1) is 10.2 Å². The number of piperidine rings is 1. The molecule has 0 spiro atoms. The summed E-state index contributed by atoms with van der Waals surface area (Å²) in [7, 11) is 0. The number of aromatic nitrogens is 4. The zero-order valence-corrected chi connectivity index (χ0v) is 13.4. The third-order valence-electron chi connectivity index (χ3n) is 4.46. The second kappa shape index (κ2) is 5.40. The van der Waals surface area contributed by atoms with Crippen molar-refractivity contribution in [2.24, 2.45) is 0 Å². The average Bonchev–Trinajstić information content (AvgIpc) is 3.25. The molecule has 2 aromatic heterocycles. The van der Waals surface area contributed by atoms with Crippen LogP contribution < -0.4 is 4.90 Å². The maximum absolute atomic E-state index is 4.39. The fraction of sp³-hybridized carbons (Fsp3) is 0.533. The van der Waals surface area contributed by atoms with E-state index in [4.69, 9.17) is 0 Å². The minimum absolute atomic E-state index is 0.546. The average molecular weight is 348 g/mol. The van der Waals surface area contributed by atoms with Crippen LogP contribution in [0.2, 0.25) is 0 Å². The lowest BCUT2D eigenvalue weighted by Gasteiger charge is -2.33. The fourth-order valence-corrected chi connectivity index (χ4v) is 3.50. The predicted molar refractivity (Wildman–Crippen MR) is 84.4 cm³/mol. The highest BCUT2D eigenvalue weighted by atomic mass is 79.9. The molecule has 2 fully saturated rings. The lowest BCUT2D eigenvalue weighted by molar-refractivity contribution is 0.465. The maximum atomic E-state index is 4.39. The third-order valence-corrected chi connectivity index (χ3v) is 4.89. The van der Waals surface area contributed by atoms with Gasteiger partial charge in [-0.2, -0.15) is 0 Å². The topological polar surface area (TPSA) is 46.8 Å². The molecule has 110 valence electrons. The SMILES string of the molecule is Brc1cncc(N2CCC(c3nncn3C3CC3)CC2)c1. The smallest absolute Gasteiger partial charge is 0.136 e. The van der Waals surface area contributed by atoms with Crippen LogP contribution in [0.5, 0.6) is 0 Å². The summed E-state index contributed by atoms with van der Waals surface area (Å²) in [4.78, 5) is 6.67. The molecule has 1 aliphatic carbocycles. The summed E-state index contributed by atoms with van der Waals surface area (Å²) in [5.74, 6) is 1.74. The van der Waals surface area contributed by atoms with Crippen molar-refractivity contribution < 1.29 is 0 Å². The lowest BCUT2D eigenvalue weighted by Crippen LogP contribution is -2.33. The molecule has 0 N–H and O–H groups in total. The van der Waals surface area contributed by atoms with Gasteiger partial charge in [-0.3, -0.25) is 4.98 Å². The molecule has 5 nitrogen and oxygen atoms in total. The van der Waals surface area contributed by atoms with Crippen LogP contribution in [0.4, 0.5) is 5.69 Å². The Bertz CT molecular complexity index is 628. The first-order valence-corrected chi connectivity index (χ1v) is 8.35. The Morgan fingerprint density at radius 2 is 1.90 bits per heavy atom. The minimum Gasteiger partial charge on any atom is -0.370 e. The minimum atomic E-state index is 0.546. The molecule has 21 heavy (non-hydrogen) atoms. The van der Waals surface area contributed by atoms with E-state index in [0.717, 1.165) is 30.4 Å². The fourth-order valence-electron chi connectivity index (χ4n) is 3.15. The predicted octanol–water partition coefficient (Wildman–Crippen LogP) is 3.15. The summed E-state index contributed by atoms with van der Waals surface area (Å²) in [5, 5.41) is 8.52. The molecule has 2 aromatic rings. The maximum Gasteiger partial charge on any atom is 0.136 e. The van der Waals surface area contributed by atoms with E-state index in [1.54, 1.807) is 0 Å². The molecule has 1 saturated carbocycles. The van der Waals surface area contributed by atoms with Crippen LogP contribution in [0.25, 0.3) is 0 Å². The summed E-state index contributed by atoms with van der Waals surface area (Å²) >= 11 is 3.49. The first-order valence-electron chi connectivity index (χ1n) is 7.56. The highest BCUT2D eigenvalue weighted by molar-refractivity contribution is 9.10. The monoisotopic (exact) mass is 347 g/mol. The van der Waals surface area contributed by atoms with Crippen molar-refractivity contribution in [2.75, 3.05) is 18.0 Å². The third kappa shape index (κ3) is 2.69. The van der Waals surface area contributed by atoms with E-state index in [-0.39, 0.29) is 0 Å². The molecule has 0 aromatic carbocycles. The Kier molecular flexibility index (Phi) is 3.41. The van der Waals surface area contributed by atoms with E-state index in [2.05, 4.69) is 46.6 Å². The zero-order valence-electron chi connectivity index (χ0n) is 11.8. The van der Waals surface area contributed by atoms with Crippen LogP contribution >= 0.6 is 15.9 Å². The molecular weight excluding hydrogens is 330 g/mol. The van der Waals surface area contributed by atoms with E-state index in [1.165, 1.54) is 24.4 Å².